The minimum Gasteiger partial charge on any atom is -0.410 e. The summed E-state index contributed by atoms with van der Waals surface area (Å²) in [5.41, 5.74) is 4.85. The molecule has 0 unspecified atom stereocenters. The van der Waals surface area contributed by atoms with Crippen molar-refractivity contribution in [3.05, 3.63) is 77.4 Å². The summed E-state index contributed by atoms with van der Waals surface area (Å²) >= 11 is 0. The van der Waals surface area contributed by atoms with Crippen LogP contribution >= 0.6 is 0 Å². The van der Waals surface area contributed by atoms with Crippen LogP contribution in [0.1, 0.15) is 23.6 Å². The third-order valence-corrected chi connectivity index (χ3v) is 3.04. The SMILES string of the molecule is C/C(=C/C(=N/O)c1ccc(C)cc1)c1ccccc1. The van der Waals surface area contributed by atoms with Crippen LogP contribution in [0.4, 0.5) is 0 Å². The molecule has 2 rings (SSSR count). The Labute approximate surface area is 113 Å². The summed E-state index contributed by atoms with van der Waals surface area (Å²) in [7, 11) is 0. The van der Waals surface area contributed by atoms with Crippen LogP contribution in [0.3, 0.4) is 0 Å². The van der Waals surface area contributed by atoms with Crippen molar-refractivity contribution in [3.63, 3.8) is 0 Å². The van der Waals surface area contributed by atoms with E-state index in [1.54, 1.807) is 0 Å². The fourth-order valence-electron chi connectivity index (χ4n) is 1.88. The van der Waals surface area contributed by atoms with E-state index >= 15 is 0 Å². The van der Waals surface area contributed by atoms with E-state index in [4.69, 9.17) is 0 Å². The highest BCUT2D eigenvalue weighted by molar-refractivity contribution is 6.11. The first-order chi connectivity index (χ1) is 9.20. The van der Waals surface area contributed by atoms with Crippen LogP contribution < -0.4 is 0 Å². The Kier molecular flexibility index (Phi) is 4.14. The van der Waals surface area contributed by atoms with Gasteiger partial charge in [-0.15, -0.1) is 0 Å². The van der Waals surface area contributed by atoms with Crippen molar-refractivity contribution in [2.75, 3.05) is 0 Å². The molecule has 2 heteroatoms. The van der Waals surface area contributed by atoms with E-state index in [9.17, 15) is 5.21 Å². The number of allylic oxidation sites excluding steroid dienone is 2. The quantitative estimate of drug-likeness (QED) is 0.493. The molecule has 0 fully saturated rings. The highest BCUT2D eigenvalue weighted by Gasteiger charge is 2.03. The fourth-order valence-corrected chi connectivity index (χ4v) is 1.88. The molecule has 0 heterocycles. The van der Waals surface area contributed by atoms with Crippen molar-refractivity contribution < 1.29 is 5.21 Å². The van der Waals surface area contributed by atoms with Gasteiger partial charge in [-0.1, -0.05) is 65.3 Å². The number of oxime groups is 1. The van der Waals surface area contributed by atoms with Crippen molar-refractivity contribution in [3.8, 4) is 0 Å². The van der Waals surface area contributed by atoms with Gasteiger partial charge < -0.3 is 5.21 Å². The second-order valence-corrected chi connectivity index (χ2v) is 4.54. The molecule has 0 radical (unpaired) electrons. The summed E-state index contributed by atoms with van der Waals surface area (Å²) in [6.07, 6.45) is 1.89. The number of aryl methyl sites for hydroxylation is 1. The molecule has 0 atom stereocenters. The topological polar surface area (TPSA) is 32.6 Å². The summed E-state index contributed by atoms with van der Waals surface area (Å²) in [4.78, 5) is 0. The van der Waals surface area contributed by atoms with Crippen molar-refractivity contribution in [2.45, 2.75) is 13.8 Å². The lowest BCUT2D eigenvalue weighted by Gasteiger charge is -2.04. The van der Waals surface area contributed by atoms with Crippen LogP contribution in [-0.4, -0.2) is 10.9 Å². The summed E-state index contributed by atoms with van der Waals surface area (Å²) in [5, 5.41) is 12.6. The Bertz CT molecular complexity index is 595. The largest absolute Gasteiger partial charge is 0.410 e. The molecule has 0 aliphatic rings. The maximum Gasteiger partial charge on any atom is 0.110 e. The smallest absolute Gasteiger partial charge is 0.110 e. The summed E-state index contributed by atoms with van der Waals surface area (Å²) < 4.78 is 0. The molecule has 0 spiro atoms. The van der Waals surface area contributed by atoms with Gasteiger partial charge >= 0.3 is 0 Å². The number of benzene rings is 2. The molecular formula is C17H17NO. The molecule has 0 saturated carbocycles. The second-order valence-electron chi connectivity index (χ2n) is 4.54. The molecule has 0 bridgehead atoms. The molecule has 2 aromatic rings. The van der Waals surface area contributed by atoms with E-state index < -0.39 is 0 Å². The van der Waals surface area contributed by atoms with E-state index in [0.29, 0.717) is 5.71 Å². The van der Waals surface area contributed by atoms with Gasteiger partial charge in [-0.05, 0) is 31.1 Å². The van der Waals surface area contributed by atoms with Crippen LogP contribution in [0.15, 0.2) is 65.8 Å². The summed E-state index contributed by atoms with van der Waals surface area (Å²) in [5.74, 6) is 0. The van der Waals surface area contributed by atoms with Gasteiger partial charge in [-0.25, -0.2) is 0 Å². The van der Waals surface area contributed by atoms with Gasteiger partial charge in [-0.2, -0.15) is 0 Å². The van der Waals surface area contributed by atoms with Gasteiger partial charge in [0.05, 0.1) is 0 Å². The van der Waals surface area contributed by atoms with E-state index in [1.165, 1.54) is 5.56 Å². The molecule has 1 N–H and O–H groups in total. The van der Waals surface area contributed by atoms with Gasteiger partial charge in [0.1, 0.15) is 5.71 Å². The van der Waals surface area contributed by atoms with Crippen molar-refractivity contribution in [1.82, 2.24) is 0 Å². The summed E-state index contributed by atoms with van der Waals surface area (Å²) in [6.45, 7) is 4.04. The molecule has 0 saturated heterocycles. The molecule has 0 amide bonds. The van der Waals surface area contributed by atoms with Crippen LogP contribution in [0, 0.1) is 6.92 Å². The Balaban J connectivity index is 2.32. The van der Waals surface area contributed by atoms with Crippen LogP contribution in [0.2, 0.25) is 0 Å². The first-order valence-electron chi connectivity index (χ1n) is 6.23. The molecule has 0 aromatic heterocycles. The first-order valence-corrected chi connectivity index (χ1v) is 6.23. The Morgan fingerprint density at radius 2 is 1.58 bits per heavy atom. The van der Waals surface area contributed by atoms with Gasteiger partial charge in [0.2, 0.25) is 0 Å². The highest BCUT2D eigenvalue weighted by atomic mass is 16.4. The van der Waals surface area contributed by atoms with E-state index in [0.717, 1.165) is 16.7 Å². The normalized spacial score (nSPS) is 12.5. The monoisotopic (exact) mass is 251 g/mol. The number of hydrogen-bond acceptors (Lipinski definition) is 2. The minimum atomic E-state index is 0.571. The number of nitrogens with zero attached hydrogens (tertiary/aromatic N) is 1. The lowest BCUT2D eigenvalue weighted by molar-refractivity contribution is 0.320. The standard InChI is InChI=1S/C17H17NO/c1-13-8-10-16(11-9-13)17(18-19)12-14(2)15-6-4-3-5-7-15/h3-12,19H,1-2H3/b14-12-,18-17-. The zero-order valence-electron chi connectivity index (χ0n) is 11.2. The Morgan fingerprint density at radius 3 is 2.16 bits per heavy atom. The average Bonchev–Trinajstić information content (AvgIpc) is 2.46. The number of rotatable bonds is 3. The molecule has 96 valence electrons. The first kappa shape index (κ1) is 13.1. The van der Waals surface area contributed by atoms with Gasteiger partial charge in [0.15, 0.2) is 0 Å². The maximum atomic E-state index is 9.19. The molecule has 0 aliphatic heterocycles. The second kappa shape index (κ2) is 6.01. The molecule has 2 aromatic carbocycles. The highest BCUT2D eigenvalue weighted by Crippen LogP contribution is 2.15. The lowest BCUT2D eigenvalue weighted by Crippen LogP contribution is -1.98. The molecule has 19 heavy (non-hydrogen) atoms. The molecule has 2 nitrogen and oxygen atoms in total. The fraction of sp³-hybridized carbons (Fsp3) is 0.118. The van der Waals surface area contributed by atoms with Crippen molar-refractivity contribution in [1.29, 1.82) is 0 Å². The Hall–Kier alpha value is -2.35. The van der Waals surface area contributed by atoms with Crippen LogP contribution in [-0.2, 0) is 0 Å². The van der Waals surface area contributed by atoms with Crippen LogP contribution in [0.25, 0.3) is 5.57 Å². The zero-order valence-corrected chi connectivity index (χ0v) is 11.2. The molecular weight excluding hydrogens is 234 g/mol. The minimum absolute atomic E-state index is 0.571. The van der Waals surface area contributed by atoms with Gasteiger partial charge in [0.25, 0.3) is 0 Å². The van der Waals surface area contributed by atoms with E-state index in [2.05, 4.69) is 5.16 Å². The van der Waals surface area contributed by atoms with Crippen molar-refractivity contribution in [2.24, 2.45) is 5.16 Å². The molecule has 0 aliphatic carbocycles. The predicted octanol–water partition coefficient (Wildman–Crippen LogP) is 4.28. The zero-order chi connectivity index (χ0) is 13.7. The van der Waals surface area contributed by atoms with Crippen LogP contribution in [0.5, 0.6) is 0 Å². The Morgan fingerprint density at radius 1 is 0.947 bits per heavy atom. The predicted molar refractivity (Wildman–Crippen MR) is 79.6 cm³/mol. The third-order valence-electron chi connectivity index (χ3n) is 3.04. The lowest BCUT2D eigenvalue weighted by atomic mass is 10.0. The number of hydrogen-bond donors (Lipinski definition) is 1. The van der Waals surface area contributed by atoms with E-state index in [1.807, 2.05) is 74.5 Å². The summed E-state index contributed by atoms with van der Waals surface area (Å²) in [6, 6.07) is 18.0. The van der Waals surface area contributed by atoms with E-state index in [-0.39, 0.29) is 0 Å². The third kappa shape index (κ3) is 3.32. The average molecular weight is 251 g/mol. The van der Waals surface area contributed by atoms with Crippen molar-refractivity contribution >= 4 is 11.3 Å². The van der Waals surface area contributed by atoms with Gasteiger partial charge in [-0.3, -0.25) is 0 Å². The van der Waals surface area contributed by atoms with Gasteiger partial charge in [0, 0.05) is 5.56 Å². The maximum absolute atomic E-state index is 9.19.